The molecule has 7 aromatic rings. The maximum atomic E-state index is 4.67. The van der Waals surface area contributed by atoms with Crippen molar-refractivity contribution in [1.29, 1.82) is 0 Å². The molecule has 188 valence electrons. The van der Waals surface area contributed by atoms with Crippen LogP contribution in [0.5, 0.6) is 0 Å². The van der Waals surface area contributed by atoms with Gasteiger partial charge in [-0.2, -0.15) is 16.4 Å². The molecule has 5 heterocycles. The Labute approximate surface area is 229 Å². The van der Waals surface area contributed by atoms with Gasteiger partial charge in [-0.1, -0.05) is 43.0 Å². The van der Waals surface area contributed by atoms with Crippen molar-refractivity contribution in [3.8, 4) is 33.8 Å². The molecule has 0 aliphatic heterocycles. The molecule has 7 heteroatoms. The van der Waals surface area contributed by atoms with E-state index >= 15 is 0 Å². The molecule has 0 aliphatic carbocycles. The van der Waals surface area contributed by atoms with Crippen LogP contribution in [0, 0.1) is 0 Å². The summed E-state index contributed by atoms with van der Waals surface area (Å²) >= 11 is 1.67. The van der Waals surface area contributed by atoms with Crippen LogP contribution in [-0.4, -0.2) is 25.1 Å². The highest BCUT2D eigenvalue weighted by Gasteiger charge is 2.15. The fourth-order valence-electron chi connectivity index (χ4n) is 4.97. The standard InChI is InChI=1S/C32H24N6S/c1-20(13-21-5-3-2-4-6-21)35-25-14-24(17-33-18-25)22-7-8-29-26(15-22)32(38-37-29)30-16-27-28(36-30)9-11-34-31(27)23-10-12-39-19-23/h2-12,14-19,35-36H,1,13H2,(H,37,38). The zero-order chi connectivity index (χ0) is 26.2. The summed E-state index contributed by atoms with van der Waals surface area (Å²) in [5.74, 6) is 0. The fourth-order valence-corrected chi connectivity index (χ4v) is 5.61. The van der Waals surface area contributed by atoms with Crippen LogP contribution in [0.15, 0.2) is 114 Å². The molecule has 0 spiro atoms. The van der Waals surface area contributed by atoms with E-state index in [-0.39, 0.29) is 0 Å². The zero-order valence-corrected chi connectivity index (χ0v) is 21.8. The number of fused-ring (bicyclic) bond motifs is 2. The van der Waals surface area contributed by atoms with Crippen LogP contribution in [-0.2, 0) is 6.42 Å². The van der Waals surface area contributed by atoms with E-state index in [9.17, 15) is 0 Å². The molecule has 0 saturated carbocycles. The molecule has 0 unspecified atom stereocenters. The summed E-state index contributed by atoms with van der Waals surface area (Å²) in [6, 6.07) is 25.0. The van der Waals surface area contributed by atoms with Gasteiger partial charge in [-0.3, -0.25) is 15.1 Å². The smallest absolute Gasteiger partial charge is 0.116 e. The highest BCUT2D eigenvalue weighted by atomic mass is 32.1. The molecule has 3 N–H and O–H groups in total. The van der Waals surface area contributed by atoms with Gasteiger partial charge in [0.2, 0.25) is 0 Å². The molecule has 39 heavy (non-hydrogen) atoms. The van der Waals surface area contributed by atoms with E-state index in [0.29, 0.717) is 0 Å². The number of hydrogen-bond donors (Lipinski definition) is 3. The van der Waals surface area contributed by atoms with Gasteiger partial charge in [0, 0.05) is 57.3 Å². The SMILES string of the molecule is C=C(Cc1ccccc1)Nc1cncc(-c2ccc3[nH]nc(-c4cc5c(-c6ccsc6)nccc5[nH]4)c3c2)c1. The summed E-state index contributed by atoms with van der Waals surface area (Å²) < 4.78 is 0. The maximum Gasteiger partial charge on any atom is 0.116 e. The van der Waals surface area contributed by atoms with Gasteiger partial charge < -0.3 is 10.3 Å². The Balaban J connectivity index is 1.21. The fraction of sp³-hybridized carbons (Fsp3) is 0.0312. The second-order valence-electron chi connectivity index (χ2n) is 9.50. The molecular weight excluding hydrogens is 500 g/mol. The minimum atomic E-state index is 0.754. The van der Waals surface area contributed by atoms with Crippen molar-refractivity contribution in [2.24, 2.45) is 0 Å². The number of anilines is 1. The second-order valence-corrected chi connectivity index (χ2v) is 10.3. The maximum absolute atomic E-state index is 4.67. The normalized spacial score (nSPS) is 11.3. The van der Waals surface area contributed by atoms with E-state index in [1.807, 2.05) is 42.9 Å². The molecular formula is C32H24N6S. The Morgan fingerprint density at radius 1 is 0.846 bits per heavy atom. The lowest BCUT2D eigenvalue weighted by Gasteiger charge is -2.11. The third-order valence-corrected chi connectivity index (χ3v) is 7.50. The first-order chi connectivity index (χ1) is 19.2. The van der Waals surface area contributed by atoms with Crippen LogP contribution in [0.1, 0.15) is 5.56 Å². The van der Waals surface area contributed by atoms with Gasteiger partial charge >= 0.3 is 0 Å². The number of hydrogen-bond acceptors (Lipinski definition) is 5. The molecule has 7 rings (SSSR count). The average Bonchev–Trinajstić information content (AvgIpc) is 3.73. The van der Waals surface area contributed by atoms with Gasteiger partial charge in [0.05, 0.1) is 28.8 Å². The first-order valence-electron chi connectivity index (χ1n) is 12.6. The topological polar surface area (TPSA) is 82.3 Å². The highest BCUT2D eigenvalue weighted by molar-refractivity contribution is 7.08. The monoisotopic (exact) mass is 524 g/mol. The van der Waals surface area contributed by atoms with E-state index in [0.717, 1.165) is 73.4 Å². The Bertz CT molecular complexity index is 1930. The number of benzene rings is 2. The van der Waals surface area contributed by atoms with Gasteiger partial charge in [-0.25, -0.2) is 0 Å². The first-order valence-corrected chi connectivity index (χ1v) is 13.6. The first kappa shape index (κ1) is 23.1. The molecule has 0 aliphatic rings. The summed E-state index contributed by atoms with van der Waals surface area (Å²) in [5.41, 5.74) is 11.0. The number of pyridine rings is 2. The van der Waals surface area contributed by atoms with Crippen molar-refractivity contribution >= 4 is 38.8 Å². The van der Waals surface area contributed by atoms with Crippen molar-refractivity contribution in [2.75, 3.05) is 5.32 Å². The minimum absolute atomic E-state index is 0.754. The number of thiophene rings is 1. The van der Waals surface area contributed by atoms with Crippen LogP contribution in [0.2, 0.25) is 0 Å². The zero-order valence-electron chi connectivity index (χ0n) is 21.0. The Hall–Kier alpha value is -5.01. The van der Waals surface area contributed by atoms with Crippen molar-refractivity contribution in [3.05, 3.63) is 120 Å². The Morgan fingerprint density at radius 2 is 1.74 bits per heavy atom. The van der Waals surface area contributed by atoms with Crippen LogP contribution >= 0.6 is 11.3 Å². The number of aromatic nitrogens is 5. The molecule has 5 aromatic heterocycles. The van der Waals surface area contributed by atoms with E-state index in [2.05, 4.69) is 96.3 Å². The van der Waals surface area contributed by atoms with Crippen LogP contribution < -0.4 is 5.32 Å². The minimum Gasteiger partial charge on any atom is -0.358 e. The van der Waals surface area contributed by atoms with Gasteiger partial charge in [-0.15, -0.1) is 0 Å². The predicted molar refractivity (Wildman–Crippen MR) is 161 cm³/mol. The molecule has 0 bridgehead atoms. The summed E-state index contributed by atoms with van der Waals surface area (Å²) in [7, 11) is 0. The average molecular weight is 525 g/mol. The van der Waals surface area contributed by atoms with E-state index in [1.165, 1.54) is 5.56 Å². The molecule has 0 radical (unpaired) electrons. The Morgan fingerprint density at radius 3 is 2.62 bits per heavy atom. The summed E-state index contributed by atoms with van der Waals surface area (Å²) in [6.07, 6.45) is 6.31. The Kier molecular flexibility index (Phi) is 5.75. The lowest BCUT2D eigenvalue weighted by molar-refractivity contribution is 1.12. The lowest BCUT2D eigenvalue weighted by Crippen LogP contribution is -2.02. The van der Waals surface area contributed by atoms with Gasteiger partial charge in [0.25, 0.3) is 0 Å². The van der Waals surface area contributed by atoms with Crippen LogP contribution in [0.3, 0.4) is 0 Å². The van der Waals surface area contributed by atoms with E-state index < -0.39 is 0 Å². The molecule has 0 amide bonds. The number of aromatic amines is 2. The van der Waals surface area contributed by atoms with Crippen molar-refractivity contribution in [2.45, 2.75) is 6.42 Å². The van der Waals surface area contributed by atoms with Crippen LogP contribution in [0.4, 0.5) is 5.69 Å². The number of allylic oxidation sites excluding steroid dienone is 1. The molecule has 0 fully saturated rings. The van der Waals surface area contributed by atoms with Crippen molar-refractivity contribution in [1.82, 2.24) is 25.1 Å². The highest BCUT2D eigenvalue weighted by Crippen LogP contribution is 2.35. The number of nitrogens with zero attached hydrogens (tertiary/aromatic N) is 3. The van der Waals surface area contributed by atoms with Gasteiger partial charge in [0.1, 0.15) is 5.69 Å². The number of rotatable bonds is 7. The summed E-state index contributed by atoms with van der Waals surface area (Å²) in [4.78, 5) is 12.7. The summed E-state index contributed by atoms with van der Waals surface area (Å²) in [6.45, 7) is 4.21. The largest absolute Gasteiger partial charge is 0.358 e. The predicted octanol–water partition coefficient (Wildman–Crippen LogP) is 8.07. The lowest BCUT2D eigenvalue weighted by atomic mass is 10.0. The quantitative estimate of drug-likeness (QED) is 0.197. The van der Waals surface area contributed by atoms with Crippen molar-refractivity contribution < 1.29 is 0 Å². The van der Waals surface area contributed by atoms with E-state index in [1.54, 1.807) is 11.3 Å². The van der Waals surface area contributed by atoms with Crippen LogP contribution in [0.25, 0.3) is 55.6 Å². The molecule has 2 aromatic carbocycles. The van der Waals surface area contributed by atoms with E-state index in [4.69, 9.17) is 0 Å². The van der Waals surface area contributed by atoms with Gasteiger partial charge in [-0.05, 0) is 52.9 Å². The summed E-state index contributed by atoms with van der Waals surface area (Å²) in [5, 5.41) is 17.6. The number of nitrogens with one attached hydrogen (secondary N) is 3. The van der Waals surface area contributed by atoms with Gasteiger partial charge in [0.15, 0.2) is 0 Å². The second kappa shape index (κ2) is 9.70. The molecule has 6 nitrogen and oxygen atoms in total. The molecule has 0 saturated heterocycles. The third-order valence-electron chi connectivity index (χ3n) is 6.81. The third kappa shape index (κ3) is 4.49. The van der Waals surface area contributed by atoms with Crippen molar-refractivity contribution in [3.63, 3.8) is 0 Å². The molecule has 0 atom stereocenters. The number of H-pyrrole nitrogens is 2.